The van der Waals surface area contributed by atoms with Crippen LogP contribution in [0.5, 0.6) is 0 Å². The highest BCUT2D eigenvalue weighted by atomic mass is 35.5. The van der Waals surface area contributed by atoms with Gasteiger partial charge in [-0.3, -0.25) is 4.79 Å². The molecular weight excluding hydrogens is 284 g/mol. The summed E-state index contributed by atoms with van der Waals surface area (Å²) in [6, 6.07) is 11.3. The number of benzene rings is 2. The van der Waals surface area contributed by atoms with Gasteiger partial charge in [-0.15, -0.1) is 0 Å². The largest absolute Gasteiger partial charge is 0.385 e. The molecule has 0 unspecified atom stereocenters. The van der Waals surface area contributed by atoms with Crippen molar-refractivity contribution in [1.29, 1.82) is 0 Å². The van der Waals surface area contributed by atoms with Crippen molar-refractivity contribution in [3.8, 4) is 0 Å². The maximum absolute atomic E-state index is 12.5. The molecular formula is C17H19ClN2O. The van der Waals surface area contributed by atoms with Crippen molar-refractivity contribution in [2.45, 2.75) is 20.8 Å². The van der Waals surface area contributed by atoms with Crippen LogP contribution in [0.3, 0.4) is 0 Å². The number of hydrogen-bond donors (Lipinski definition) is 2. The Balaban J connectivity index is 2.31. The molecule has 0 radical (unpaired) electrons. The molecule has 0 aromatic heterocycles. The molecule has 0 atom stereocenters. The van der Waals surface area contributed by atoms with Crippen LogP contribution < -0.4 is 10.6 Å². The fourth-order valence-corrected chi connectivity index (χ4v) is 2.28. The molecule has 4 heteroatoms. The minimum absolute atomic E-state index is 0.139. The van der Waals surface area contributed by atoms with E-state index in [0.717, 1.165) is 29.0 Å². The average Bonchev–Trinajstić information content (AvgIpc) is 2.45. The van der Waals surface area contributed by atoms with Gasteiger partial charge in [0, 0.05) is 22.9 Å². The molecule has 2 N–H and O–H groups in total. The van der Waals surface area contributed by atoms with Crippen molar-refractivity contribution in [2.75, 3.05) is 17.2 Å². The fourth-order valence-electron chi connectivity index (χ4n) is 2.11. The van der Waals surface area contributed by atoms with Crippen LogP contribution in [0.25, 0.3) is 0 Å². The second-order valence-corrected chi connectivity index (χ2v) is 5.43. The van der Waals surface area contributed by atoms with E-state index in [9.17, 15) is 4.79 Å². The van der Waals surface area contributed by atoms with Crippen molar-refractivity contribution in [2.24, 2.45) is 0 Å². The molecule has 0 bridgehead atoms. The van der Waals surface area contributed by atoms with Crippen LogP contribution in [-0.4, -0.2) is 12.5 Å². The average molecular weight is 303 g/mol. The van der Waals surface area contributed by atoms with Crippen molar-refractivity contribution >= 4 is 28.9 Å². The summed E-state index contributed by atoms with van der Waals surface area (Å²) in [7, 11) is 0. The van der Waals surface area contributed by atoms with Gasteiger partial charge in [0.2, 0.25) is 0 Å². The Bertz CT molecular complexity index is 668. The van der Waals surface area contributed by atoms with E-state index in [-0.39, 0.29) is 5.91 Å². The zero-order valence-electron chi connectivity index (χ0n) is 12.5. The Hall–Kier alpha value is -2.00. The van der Waals surface area contributed by atoms with Gasteiger partial charge < -0.3 is 10.6 Å². The zero-order valence-corrected chi connectivity index (χ0v) is 13.2. The minimum Gasteiger partial charge on any atom is -0.385 e. The molecule has 3 nitrogen and oxygen atoms in total. The van der Waals surface area contributed by atoms with Crippen LogP contribution in [0.15, 0.2) is 36.4 Å². The molecule has 0 aliphatic carbocycles. The van der Waals surface area contributed by atoms with Crippen LogP contribution in [0.2, 0.25) is 5.02 Å². The number of halogens is 1. The number of carbonyl (C=O) groups is 1. The third-order valence-electron chi connectivity index (χ3n) is 3.23. The summed E-state index contributed by atoms with van der Waals surface area (Å²) in [5.41, 5.74) is 4.22. The Labute approximate surface area is 130 Å². The summed E-state index contributed by atoms with van der Waals surface area (Å²) >= 11 is 5.99. The molecule has 2 aromatic rings. The topological polar surface area (TPSA) is 41.1 Å². The Morgan fingerprint density at radius 2 is 1.86 bits per heavy atom. The van der Waals surface area contributed by atoms with Gasteiger partial charge in [-0.2, -0.15) is 0 Å². The minimum atomic E-state index is -0.139. The highest BCUT2D eigenvalue weighted by molar-refractivity contribution is 6.31. The fraction of sp³-hybridized carbons (Fsp3) is 0.235. The van der Waals surface area contributed by atoms with Gasteiger partial charge in [-0.1, -0.05) is 29.3 Å². The highest BCUT2D eigenvalue weighted by Gasteiger charge is 2.13. The smallest absolute Gasteiger partial charge is 0.257 e. The standard InChI is InChI=1S/C17H19ClN2O/c1-4-19-15-8-5-11(2)9-14(15)17(21)20-16-10-13(18)7-6-12(16)3/h5-10,19H,4H2,1-3H3,(H,20,21). The first kappa shape index (κ1) is 15.4. The van der Waals surface area contributed by atoms with E-state index in [1.807, 2.05) is 51.1 Å². The van der Waals surface area contributed by atoms with Crippen LogP contribution in [0.1, 0.15) is 28.4 Å². The summed E-state index contributed by atoms with van der Waals surface area (Å²) < 4.78 is 0. The number of aryl methyl sites for hydroxylation is 2. The van der Waals surface area contributed by atoms with Gasteiger partial charge in [-0.25, -0.2) is 0 Å². The quantitative estimate of drug-likeness (QED) is 0.863. The molecule has 21 heavy (non-hydrogen) atoms. The van der Waals surface area contributed by atoms with Crippen molar-refractivity contribution < 1.29 is 4.79 Å². The van der Waals surface area contributed by atoms with E-state index in [1.54, 1.807) is 6.07 Å². The first-order valence-electron chi connectivity index (χ1n) is 6.93. The molecule has 2 rings (SSSR count). The molecule has 0 aliphatic rings. The van der Waals surface area contributed by atoms with Gasteiger partial charge in [0.1, 0.15) is 0 Å². The molecule has 0 heterocycles. The first-order valence-corrected chi connectivity index (χ1v) is 7.31. The second kappa shape index (κ2) is 6.64. The van der Waals surface area contributed by atoms with E-state index >= 15 is 0 Å². The number of nitrogens with one attached hydrogen (secondary N) is 2. The maximum Gasteiger partial charge on any atom is 0.257 e. The number of hydrogen-bond acceptors (Lipinski definition) is 2. The van der Waals surface area contributed by atoms with Crippen molar-refractivity contribution in [3.63, 3.8) is 0 Å². The Morgan fingerprint density at radius 1 is 1.10 bits per heavy atom. The molecule has 0 saturated carbocycles. The third-order valence-corrected chi connectivity index (χ3v) is 3.47. The molecule has 0 spiro atoms. The van der Waals surface area contributed by atoms with Crippen molar-refractivity contribution in [3.05, 3.63) is 58.1 Å². The second-order valence-electron chi connectivity index (χ2n) is 4.99. The number of rotatable bonds is 4. The van der Waals surface area contributed by atoms with Gasteiger partial charge in [0.25, 0.3) is 5.91 Å². The Kier molecular flexibility index (Phi) is 4.86. The van der Waals surface area contributed by atoms with E-state index in [2.05, 4.69) is 10.6 Å². The monoisotopic (exact) mass is 302 g/mol. The molecule has 1 amide bonds. The molecule has 0 aliphatic heterocycles. The number of carbonyl (C=O) groups excluding carboxylic acids is 1. The summed E-state index contributed by atoms with van der Waals surface area (Å²) in [6.07, 6.45) is 0. The third kappa shape index (κ3) is 3.76. The van der Waals surface area contributed by atoms with Crippen LogP contribution >= 0.6 is 11.6 Å². The number of amides is 1. The number of anilines is 2. The zero-order chi connectivity index (χ0) is 15.4. The van der Waals surface area contributed by atoms with Crippen molar-refractivity contribution in [1.82, 2.24) is 0 Å². The van der Waals surface area contributed by atoms with Crippen LogP contribution in [0.4, 0.5) is 11.4 Å². The summed E-state index contributed by atoms with van der Waals surface area (Å²) in [5, 5.41) is 6.74. The van der Waals surface area contributed by atoms with Crippen LogP contribution in [-0.2, 0) is 0 Å². The van der Waals surface area contributed by atoms with Gasteiger partial charge in [-0.05, 0) is 50.6 Å². The lowest BCUT2D eigenvalue weighted by Gasteiger charge is -2.13. The van der Waals surface area contributed by atoms with E-state index in [1.165, 1.54) is 0 Å². The summed E-state index contributed by atoms with van der Waals surface area (Å²) in [4.78, 5) is 12.5. The van der Waals surface area contributed by atoms with E-state index in [0.29, 0.717) is 10.6 Å². The van der Waals surface area contributed by atoms with E-state index < -0.39 is 0 Å². The highest BCUT2D eigenvalue weighted by Crippen LogP contribution is 2.23. The first-order chi connectivity index (χ1) is 10.0. The Morgan fingerprint density at radius 3 is 2.57 bits per heavy atom. The predicted molar refractivity (Wildman–Crippen MR) is 89.5 cm³/mol. The predicted octanol–water partition coefficient (Wildman–Crippen LogP) is 4.64. The van der Waals surface area contributed by atoms with Gasteiger partial charge in [0.15, 0.2) is 0 Å². The maximum atomic E-state index is 12.5. The van der Waals surface area contributed by atoms with Crippen LogP contribution in [0, 0.1) is 13.8 Å². The van der Waals surface area contributed by atoms with Gasteiger partial charge in [0.05, 0.1) is 5.56 Å². The van der Waals surface area contributed by atoms with Gasteiger partial charge >= 0.3 is 0 Å². The molecule has 110 valence electrons. The molecule has 0 saturated heterocycles. The lowest BCUT2D eigenvalue weighted by atomic mass is 10.1. The normalized spacial score (nSPS) is 10.3. The lowest BCUT2D eigenvalue weighted by molar-refractivity contribution is 0.102. The molecule has 0 fully saturated rings. The van der Waals surface area contributed by atoms with E-state index in [4.69, 9.17) is 11.6 Å². The summed E-state index contributed by atoms with van der Waals surface area (Å²) in [5.74, 6) is -0.139. The summed E-state index contributed by atoms with van der Waals surface area (Å²) in [6.45, 7) is 6.67. The lowest BCUT2D eigenvalue weighted by Crippen LogP contribution is -2.15. The SMILES string of the molecule is CCNc1ccc(C)cc1C(=O)Nc1cc(Cl)ccc1C. The molecule has 2 aromatic carbocycles.